The van der Waals surface area contributed by atoms with Crippen molar-refractivity contribution in [2.75, 3.05) is 6.54 Å². The molecule has 0 unspecified atom stereocenters. The Balaban J connectivity index is 1.72. The molecule has 0 bridgehead atoms. The third-order valence-electron chi connectivity index (χ3n) is 6.05. The molecule has 7 heteroatoms. The molecule has 0 aliphatic heterocycles. The topological polar surface area (TPSA) is 104 Å². The molecule has 2 aromatic rings. The van der Waals surface area contributed by atoms with Crippen molar-refractivity contribution in [1.82, 2.24) is 15.6 Å². The molecule has 1 aromatic carbocycles. The SMILES string of the molecule is CC(C)(C)OC(=O)N[C@@H](Cc1cccc(O)c1)[C@H](O)CNC1(c2cc(C(C)(C)C)ccn2)CC1. The van der Waals surface area contributed by atoms with E-state index >= 15 is 0 Å². The maximum atomic E-state index is 12.5. The van der Waals surface area contributed by atoms with Gasteiger partial charge in [-0.3, -0.25) is 4.98 Å². The number of phenols is 1. The van der Waals surface area contributed by atoms with Gasteiger partial charge in [0.05, 0.1) is 23.4 Å². The molecule has 1 aromatic heterocycles. The number of alkyl carbamates (subject to hydrolysis) is 1. The van der Waals surface area contributed by atoms with E-state index in [1.807, 2.05) is 18.3 Å². The summed E-state index contributed by atoms with van der Waals surface area (Å²) in [6.07, 6.45) is 2.62. The van der Waals surface area contributed by atoms with Crippen LogP contribution in [0.5, 0.6) is 5.75 Å². The van der Waals surface area contributed by atoms with Gasteiger partial charge in [-0.2, -0.15) is 0 Å². The number of benzene rings is 1. The lowest BCUT2D eigenvalue weighted by Crippen LogP contribution is -2.51. The summed E-state index contributed by atoms with van der Waals surface area (Å²) in [6, 6.07) is 10.4. The number of hydrogen-bond acceptors (Lipinski definition) is 6. The van der Waals surface area contributed by atoms with E-state index in [9.17, 15) is 15.0 Å². The zero-order valence-corrected chi connectivity index (χ0v) is 21.2. The number of rotatable bonds is 8. The maximum Gasteiger partial charge on any atom is 0.407 e. The fourth-order valence-electron chi connectivity index (χ4n) is 3.93. The van der Waals surface area contributed by atoms with Crippen LogP contribution in [-0.4, -0.2) is 45.6 Å². The van der Waals surface area contributed by atoms with Crippen LogP contribution in [0.25, 0.3) is 0 Å². The van der Waals surface area contributed by atoms with Gasteiger partial charge >= 0.3 is 6.09 Å². The molecule has 1 fully saturated rings. The third-order valence-corrected chi connectivity index (χ3v) is 6.05. The Morgan fingerprint density at radius 3 is 2.44 bits per heavy atom. The van der Waals surface area contributed by atoms with E-state index < -0.39 is 23.8 Å². The quantitative estimate of drug-likeness (QED) is 0.463. The molecule has 34 heavy (non-hydrogen) atoms. The predicted molar refractivity (Wildman–Crippen MR) is 133 cm³/mol. The first kappa shape index (κ1) is 26.0. The predicted octanol–water partition coefficient (Wildman–Crippen LogP) is 4.16. The number of aliphatic hydroxyl groups excluding tert-OH is 1. The molecule has 186 valence electrons. The van der Waals surface area contributed by atoms with Gasteiger partial charge in [0, 0.05) is 12.7 Å². The molecule has 1 amide bonds. The first-order valence-corrected chi connectivity index (χ1v) is 11.9. The molecule has 0 spiro atoms. The molecule has 1 aliphatic rings. The van der Waals surface area contributed by atoms with Crippen molar-refractivity contribution < 1.29 is 19.7 Å². The van der Waals surface area contributed by atoms with Gasteiger partial charge < -0.3 is 25.6 Å². The van der Waals surface area contributed by atoms with Gasteiger partial charge in [-0.1, -0.05) is 32.9 Å². The zero-order valence-electron chi connectivity index (χ0n) is 21.2. The van der Waals surface area contributed by atoms with Crippen LogP contribution in [0, 0.1) is 0 Å². The van der Waals surface area contributed by atoms with E-state index in [1.165, 1.54) is 5.56 Å². The van der Waals surface area contributed by atoms with Gasteiger partial charge in [0.2, 0.25) is 0 Å². The lowest BCUT2D eigenvalue weighted by molar-refractivity contribution is 0.0418. The summed E-state index contributed by atoms with van der Waals surface area (Å²) in [5.41, 5.74) is 2.13. The number of amides is 1. The number of carbonyl (C=O) groups is 1. The highest BCUT2D eigenvalue weighted by atomic mass is 16.6. The summed E-state index contributed by atoms with van der Waals surface area (Å²) in [6.45, 7) is 12.2. The minimum absolute atomic E-state index is 0.0248. The molecular weight excluding hydrogens is 430 g/mol. The van der Waals surface area contributed by atoms with Gasteiger partial charge in [0.25, 0.3) is 0 Å². The van der Waals surface area contributed by atoms with E-state index in [-0.39, 0.29) is 23.2 Å². The van der Waals surface area contributed by atoms with E-state index in [4.69, 9.17) is 4.74 Å². The fraction of sp³-hybridized carbons (Fsp3) is 0.556. The van der Waals surface area contributed by atoms with Crippen molar-refractivity contribution in [3.8, 4) is 5.75 Å². The summed E-state index contributed by atoms with van der Waals surface area (Å²) in [5, 5.41) is 27.3. The highest BCUT2D eigenvalue weighted by molar-refractivity contribution is 5.68. The second-order valence-corrected chi connectivity index (χ2v) is 11.3. The van der Waals surface area contributed by atoms with Crippen LogP contribution in [0.1, 0.15) is 71.2 Å². The van der Waals surface area contributed by atoms with Gasteiger partial charge in [-0.15, -0.1) is 0 Å². The number of carbonyl (C=O) groups excluding carboxylic acids is 1. The monoisotopic (exact) mass is 469 g/mol. The molecule has 1 aliphatic carbocycles. The van der Waals surface area contributed by atoms with Crippen LogP contribution in [-0.2, 0) is 22.1 Å². The minimum atomic E-state index is -0.877. The Kier molecular flexibility index (Phi) is 7.58. The van der Waals surface area contributed by atoms with Crippen LogP contribution in [0.3, 0.4) is 0 Å². The highest BCUT2D eigenvalue weighted by Gasteiger charge is 2.46. The minimum Gasteiger partial charge on any atom is -0.508 e. The average molecular weight is 470 g/mol. The molecular formula is C27H39N3O4. The lowest BCUT2D eigenvalue weighted by Gasteiger charge is -2.29. The number of ether oxygens (including phenoxy) is 1. The van der Waals surface area contributed by atoms with Crippen LogP contribution >= 0.6 is 0 Å². The number of hydrogen-bond donors (Lipinski definition) is 4. The van der Waals surface area contributed by atoms with Crippen LogP contribution < -0.4 is 10.6 Å². The Hall–Kier alpha value is -2.64. The van der Waals surface area contributed by atoms with E-state index in [1.54, 1.807) is 39.0 Å². The normalized spacial score (nSPS) is 17.0. The van der Waals surface area contributed by atoms with Crippen molar-refractivity contribution >= 4 is 6.09 Å². The van der Waals surface area contributed by atoms with E-state index in [2.05, 4.69) is 42.5 Å². The second kappa shape index (κ2) is 9.92. The summed E-state index contributed by atoms with van der Waals surface area (Å²) in [5.74, 6) is 0.142. The molecule has 7 nitrogen and oxygen atoms in total. The Morgan fingerprint density at radius 1 is 1.15 bits per heavy atom. The Bertz CT molecular complexity index is 990. The number of phenolic OH excluding ortho intramolecular Hbond substituents is 1. The number of pyridine rings is 1. The average Bonchev–Trinajstić information content (AvgIpc) is 3.51. The molecule has 4 N–H and O–H groups in total. The lowest BCUT2D eigenvalue weighted by atomic mass is 9.86. The second-order valence-electron chi connectivity index (χ2n) is 11.3. The van der Waals surface area contributed by atoms with E-state index in [0.717, 1.165) is 24.1 Å². The van der Waals surface area contributed by atoms with Gasteiger partial charge in [-0.25, -0.2) is 4.79 Å². The third kappa shape index (κ3) is 7.18. The zero-order chi connectivity index (χ0) is 25.1. The standard InChI is InChI=1S/C27H39N3O4/c1-25(2,3)19-10-13-28-23(16-19)27(11-12-27)29-17-22(32)21(30-24(33)34-26(4,5)6)15-18-8-7-9-20(31)14-18/h7-10,13-14,16,21-22,29,31-32H,11-12,15,17H2,1-6H3,(H,30,33)/t21-,22+/m0/s1. The first-order valence-electron chi connectivity index (χ1n) is 11.9. The van der Waals surface area contributed by atoms with E-state index in [0.29, 0.717) is 6.42 Å². The van der Waals surface area contributed by atoms with Crippen LogP contribution in [0.4, 0.5) is 4.79 Å². The molecule has 1 heterocycles. The van der Waals surface area contributed by atoms with Gasteiger partial charge in [0.15, 0.2) is 0 Å². The molecule has 2 atom stereocenters. The smallest absolute Gasteiger partial charge is 0.407 e. The largest absolute Gasteiger partial charge is 0.508 e. The number of nitrogens with one attached hydrogen (secondary N) is 2. The molecule has 3 rings (SSSR count). The highest BCUT2D eigenvalue weighted by Crippen LogP contribution is 2.45. The Morgan fingerprint density at radius 2 is 1.85 bits per heavy atom. The molecule has 0 saturated heterocycles. The summed E-state index contributed by atoms with van der Waals surface area (Å²) >= 11 is 0. The van der Waals surface area contributed by atoms with Crippen molar-refractivity contribution in [3.63, 3.8) is 0 Å². The van der Waals surface area contributed by atoms with Crippen molar-refractivity contribution in [1.29, 1.82) is 0 Å². The van der Waals surface area contributed by atoms with Gasteiger partial charge in [0.1, 0.15) is 11.4 Å². The maximum absolute atomic E-state index is 12.5. The van der Waals surface area contributed by atoms with Crippen molar-refractivity contribution in [3.05, 3.63) is 59.4 Å². The molecule has 0 radical (unpaired) electrons. The summed E-state index contributed by atoms with van der Waals surface area (Å²) < 4.78 is 5.41. The summed E-state index contributed by atoms with van der Waals surface area (Å²) in [4.78, 5) is 17.1. The Labute approximate surface area is 203 Å². The number of aromatic nitrogens is 1. The van der Waals surface area contributed by atoms with Crippen molar-refractivity contribution in [2.45, 2.75) is 89.5 Å². The number of aromatic hydroxyl groups is 1. The number of aliphatic hydroxyl groups is 1. The van der Waals surface area contributed by atoms with Crippen LogP contribution in [0.15, 0.2) is 42.6 Å². The first-order chi connectivity index (χ1) is 15.8. The number of nitrogens with zero attached hydrogens (tertiary/aromatic N) is 1. The van der Waals surface area contributed by atoms with Crippen LogP contribution in [0.2, 0.25) is 0 Å². The van der Waals surface area contributed by atoms with Gasteiger partial charge in [-0.05, 0) is 80.8 Å². The van der Waals surface area contributed by atoms with Crippen molar-refractivity contribution in [2.24, 2.45) is 0 Å². The fourth-order valence-corrected chi connectivity index (χ4v) is 3.93. The summed E-state index contributed by atoms with van der Waals surface area (Å²) in [7, 11) is 0. The molecule has 1 saturated carbocycles.